The maximum Gasteiger partial charge on any atom is 0.0147 e. The van der Waals surface area contributed by atoms with Gasteiger partial charge in [-0.2, -0.15) is 0 Å². The topological polar surface area (TPSA) is 50.8 Å². The van der Waals surface area contributed by atoms with Crippen LogP contribution in [0.1, 0.15) is 19.0 Å². The predicted octanol–water partition coefficient (Wildman–Crippen LogP) is 2.13. The van der Waals surface area contributed by atoms with Gasteiger partial charge in [0.1, 0.15) is 0 Å². The molecule has 0 aromatic carbocycles. The van der Waals surface area contributed by atoms with Crippen LogP contribution < -0.4 is 6.15 Å². The molecule has 0 atom stereocenters. The summed E-state index contributed by atoms with van der Waals surface area (Å²) in [6, 6.07) is 4.15. The molecule has 0 fully saturated rings. The fourth-order valence-corrected chi connectivity index (χ4v) is 0.792. The van der Waals surface area contributed by atoms with E-state index in [0.717, 1.165) is 0 Å². The van der Waals surface area contributed by atoms with Crippen LogP contribution in [0.5, 0.6) is 0 Å². The van der Waals surface area contributed by atoms with Crippen LogP contribution in [0.25, 0.3) is 0 Å². The van der Waals surface area contributed by atoms with Crippen molar-refractivity contribution in [1.29, 1.82) is 0 Å². The molecule has 1 heterocycles. The summed E-state index contributed by atoms with van der Waals surface area (Å²) in [5, 5.41) is 0. The zero-order valence-corrected chi connectivity index (χ0v) is 5.85. The van der Waals surface area contributed by atoms with E-state index in [4.69, 9.17) is 0 Å². The second-order valence-corrected chi connectivity index (χ2v) is 1.95. The number of aromatic nitrogens is 1. The monoisotopic (exact) mass is 126 g/mol. The van der Waals surface area contributed by atoms with Crippen LogP contribution >= 0.6 is 0 Å². The summed E-state index contributed by atoms with van der Waals surface area (Å²) in [5.41, 5.74) is 1.34. The number of aromatic amines is 1. The van der Waals surface area contributed by atoms with Crippen molar-refractivity contribution in [2.24, 2.45) is 0 Å². The molecule has 1 aromatic heterocycles. The molecule has 0 amide bonds. The lowest BCUT2D eigenvalue weighted by Crippen LogP contribution is -1.78. The predicted molar refractivity (Wildman–Crippen MR) is 39.8 cm³/mol. The molecule has 2 nitrogen and oxygen atoms in total. The minimum absolute atomic E-state index is 0. The van der Waals surface area contributed by atoms with Gasteiger partial charge in [-0.15, -0.1) is 0 Å². The zero-order valence-electron chi connectivity index (χ0n) is 5.85. The number of aryl methyl sites for hydroxylation is 1. The van der Waals surface area contributed by atoms with E-state index in [9.17, 15) is 0 Å². The summed E-state index contributed by atoms with van der Waals surface area (Å²) in [4.78, 5) is 3.14. The number of hydrogen-bond donors (Lipinski definition) is 2. The number of hydrogen-bond acceptors (Lipinski definition) is 1. The van der Waals surface area contributed by atoms with Crippen LogP contribution in [0, 0.1) is 0 Å². The molecule has 52 valence electrons. The standard InChI is InChI=1S/C7H11N.H3N/c1-2-4-7-5-3-6-8-7;/h3,5-6,8H,2,4H2,1H3;1H3. The van der Waals surface area contributed by atoms with Gasteiger partial charge in [-0.1, -0.05) is 13.3 Å². The minimum Gasteiger partial charge on any atom is -0.365 e. The fourth-order valence-electron chi connectivity index (χ4n) is 0.792. The Kier molecular flexibility index (Phi) is 3.80. The molecule has 0 aliphatic heterocycles. The SMILES string of the molecule is CCCc1ccc[nH]1.N. The lowest BCUT2D eigenvalue weighted by atomic mass is 10.3. The Morgan fingerprint density at radius 1 is 1.56 bits per heavy atom. The summed E-state index contributed by atoms with van der Waals surface area (Å²) in [7, 11) is 0. The summed E-state index contributed by atoms with van der Waals surface area (Å²) in [5.74, 6) is 0. The largest absolute Gasteiger partial charge is 0.365 e. The lowest BCUT2D eigenvalue weighted by Gasteiger charge is -1.87. The highest BCUT2D eigenvalue weighted by atomic mass is 14.7. The highest BCUT2D eigenvalue weighted by Gasteiger charge is 1.85. The first-order valence-corrected chi connectivity index (χ1v) is 3.05. The van der Waals surface area contributed by atoms with Crippen molar-refractivity contribution in [3.63, 3.8) is 0 Å². The molecule has 0 aliphatic rings. The van der Waals surface area contributed by atoms with Crippen molar-refractivity contribution in [2.75, 3.05) is 0 Å². The van der Waals surface area contributed by atoms with Crippen LogP contribution in [-0.4, -0.2) is 4.98 Å². The van der Waals surface area contributed by atoms with Crippen molar-refractivity contribution < 1.29 is 0 Å². The third kappa shape index (κ3) is 2.33. The van der Waals surface area contributed by atoms with E-state index < -0.39 is 0 Å². The van der Waals surface area contributed by atoms with Gasteiger partial charge in [-0.05, 0) is 18.6 Å². The van der Waals surface area contributed by atoms with E-state index in [2.05, 4.69) is 18.0 Å². The third-order valence-corrected chi connectivity index (χ3v) is 1.18. The fraction of sp³-hybridized carbons (Fsp3) is 0.429. The Balaban J connectivity index is 0.000000640. The second kappa shape index (κ2) is 4.15. The smallest absolute Gasteiger partial charge is 0.0147 e. The average molecular weight is 126 g/mol. The van der Waals surface area contributed by atoms with E-state index >= 15 is 0 Å². The molecule has 0 saturated carbocycles. The lowest BCUT2D eigenvalue weighted by molar-refractivity contribution is 0.892. The highest BCUT2D eigenvalue weighted by molar-refractivity contribution is 5.02. The van der Waals surface area contributed by atoms with Crippen LogP contribution in [-0.2, 0) is 6.42 Å². The molecule has 1 aromatic rings. The summed E-state index contributed by atoms with van der Waals surface area (Å²) >= 11 is 0. The average Bonchev–Trinajstić information content (AvgIpc) is 2.19. The number of H-pyrrole nitrogens is 1. The Morgan fingerprint density at radius 3 is 2.78 bits per heavy atom. The molecule has 1 rings (SSSR count). The van der Waals surface area contributed by atoms with Crippen LogP contribution in [0.4, 0.5) is 0 Å². The Morgan fingerprint density at radius 2 is 2.33 bits per heavy atom. The van der Waals surface area contributed by atoms with Crippen LogP contribution in [0.3, 0.4) is 0 Å². The summed E-state index contributed by atoms with van der Waals surface area (Å²) in [6.07, 6.45) is 4.36. The van der Waals surface area contributed by atoms with Crippen LogP contribution in [0.15, 0.2) is 18.3 Å². The first kappa shape index (κ1) is 8.24. The quantitative estimate of drug-likeness (QED) is 0.626. The maximum atomic E-state index is 3.14. The number of nitrogens with one attached hydrogen (secondary N) is 1. The highest BCUT2D eigenvalue weighted by Crippen LogP contribution is 1.96. The first-order chi connectivity index (χ1) is 3.93. The minimum atomic E-state index is 0. The van der Waals surface area contributed by atoms with Gasteiger partial charge in [0, 0.05) is 11.9 Å². The van der Waals surface area contributed by atoms with Gasteiger partial charge in [0.25, 0.3) is 0 Å². The summed E-state index contributed by atoms with van der Waals surface area (Å²) in [6.45, 7) is 2.18. The van der Waals surface area contributed by atoms with Crippen molar-refractivity contribution in [2.45, 2.75) is 19.8 Å². The van der Waals surface area contributed by atoms with Gasteiger partial charge in [0.2, 0.25) is 0 Å². The van der Waals surface area contributed by atoms with Crippen molar-refractivity contribution in [1.82, 2.24) is 11.1 Å². The van der Waals surface area contributed by atoms with Gasteiger partial charge in [-0.25, -0.2) is 0 Å². The van der Waals surface area contributed by atoms with Gasteiger partial charge >= 0.3 is 0 Å². The van der Waals surface area contributed by atoms with Gasteiger partial charge < -0.3 is 11.1 Å². The van der Waals surface area contributed by atoms with E-state index in [1.165, 1.54) is 18.5 Å². The van der Waals surface area contributed by atoms with E-state index in [1.54, 1.807) is 0 Å². The number of rotatable bonds is 2. The molecule has 0 unspecified atom stereocenters. The molecule has 0 aliphatic carbocycles. The normalized spacial score (nSPS) is 8.56. The van der Waals surface area contributed by atoms with Crippen molar-refractivity contribution in [3.8, 4) is 0 Å². The maximum absolute atomic E-state index is 3.14. The van der Waals surface area contributed by atoms with Gasteiger partial charge in [-0.3, -0.25) is 0 Å². The van der Waals surface area contributed by atoms with Crippen LogP contribution in [0.2, 0.25) is 0 Å². The third-order valence-electron chi connectivity index (χ3n) is 1.18. The Hall–Kier alpha value is -0.760. The molecule has 2 heteroatoms. The molecule has 4 N–H and O–H groups in total. The first-order valence-electron chi connectivity index (χ1n) is 3.05. The molecular formula is C7H14N2. The second-order valence-electron chi connectivity index (χ2n) is 1.95. The molecule has 0 saturated heterocycles. The van der Waals surface area contributed by atoms with Crippen molar-refractivity contribution >= 4 is 0 Å². The zero-order chi connectivity index (χ0) is 5.82. The Bertz CT molecular complexity index is 133. The van der Waals surface area contributed by atoms with E-state index in [0.29, 0.717) is 0 Å². The summed E-state index contributed by atoms with van der Waals surface area (Å²) < 4.78 is 0. The van der Waals surface area contributed by atoms with Gasteiger partial charge in [0.05, 0.1) is 0 Å². The van der Waals surface area contributed by atoms with Gasteiger partial charge in [0.15, 0.2) is 0 Å². The molecule has 0 bridgehead atoms. The van der Waals surface area contributed by atoms with E-state index in [-0.39, 0.29) is 6.15 Å². The molecule has 9 heavy (non-hydrogen) atoms. The molecular weight excluding hydrogens is 112 g/mol. The van der Waals surface area contributed by atoms with E-state index in [1.807, 2.05) is 12.3 Å². The Labute approximate surface area is 55.9 Å². The van der Waals surface area contributed by atoms with Crippen molar-refractivity contribution in [3.05, 3.63) is 24.0 Å². The molecule has 0 spiro atoms. The molecule has 0 radical (unpaired) electrons.